The topological polar surface area (TPSA) is 29.5 Å². The summed E-state index contributed by atoms with van der Waals surface area (Å²) in [6.07, 6.45) is 8.53. The van der Waals surface area contributed by atoms with Gasteiger partial charge in [-0.1, -0.05) is 93.6 Å². The number of hydrogen-bond donors (Lipinski definition) is 1. The van der Waals surface area contributed by atoms with Crippen LogP contribution in [0.1, 0.15) is 27.2 Å². The first-order valence-electron chi connectivity index (χ1n) is 8.95. The van der Waals surface area contributed by atoms with E-state index in [2.05, 4.69) is 75.2 Å². The fourth-order valence-electron chi connectivity index (χ4n) is 3.34. The maximum Gasteiger partial charge on any atom is 0.261 e. The Morgan fingerprint density at radius 3 is 1.96 bits per heavy atom. The summed E-state index contributed by atoms with van der Waals surface area (Å²) in [5.74, 6) is 2.47. The standard InChI is InChI=1S/C23H28O2Si/c1-5-13-20(24)14-12-19-25-26(23(2,3)4,21-15-8-6-9-16-21)22-17-10-7-11-18-22/h1,6-12,14-18,20,24H,13,19H2,2-4H3/b14-12+. The van der Waals surface area contributed by atoms with E-state index >= 15 is 0 Å². The second kappa shape index (κ2) is 9.00. The van der Waals surface area contributed by atoms with Gasteiger partial charge in [-0.05, 0) is 15.4 Å². The molecule has 2 aromatic rings. The van der Waals surface area contributed by atoms with Crippen LogP contribution in [0.5, 0.6) is 0 Å². The van der Waals surface area contributed by atoms with Crippen molar-refractivity contribution in [2.75, 3.05) is 6.61 Å². The summed E-state index contributed by atoms with van der Waals surface area (Å²) in [6, 6.07) is 21.0. The van der Waals surface area contributed by atoms with Crippen LogP contribution in [0, 0.1) is 12.3 Å². The molecular formula is C23H28O2Si. The van der Waals surface area contributed by atoms with E-state index < -0.39 is 14.4 Å². The predicted molar refractivity (Wildman–Crippen MR) is 112 cm³/mol. The summed E-state index contributed by atoms with van der Waals surface area (Å²) < 4.78 is 6.68. The van der Waals surface area contributed by atoms with Crippen molar-refractivity contribution >= 4 is 18.7 Å². The molecule has 0 spiro atoms. The van der Waals surface area contributed by atoms with Crippen LogP contribution in [0.25, 0.3) is 0 Å². The fraction of sp³-hybridized carbons (Fsp3) is 0.304. The van der Waals surface area contributed by atoms with E-state index in [1.54, 1.807) is 6.08 Å². The lowest BCUT2D eigenvalue weighted by atomic mass is 10.2. The van der Waals surface area contributed by atoms with E-state index in [0.717, 1.165) is 0 Å². The Kier molecular flexibility index (Phi) is 6.99. The second-order valence-corrected chi connectivity index (χ2v) is 11.7. The Morgan fingerprint density at radius 2 is 1.54 bits per heavy atom. The van der Waals surface area contributed by atoms with Gasteiger partial charge in [-0.25, -0.2) is 0 Å². The SMILES string of the molecule is C#CCC(O)/C=C/CO[Si](c1ccccc1)(c1ccccc1)C(C)(C)C. The largest absolute Gasteiger partial charge is 0.404 e. The molecule has 136 valence electrons. The van der Waals surface area contributed by atoms with Gasteiger partial charge in [-0.2, -0.15) is 0 Å². The third-order valence-corrected chi connectivity index (χ3v) is 9.50. The molecule has 0 saturated carbocycles. The lowest BCUT2D eigenvalue weighted by molar-refractivity contribution is 0.228. The molecule has 0 fully saturated rings. The summed E-state index contributed by atoms with van der Waals surface area (Å²) in [4.78, 5) is 0. The number of benzene rings is 2. The number of hydrogen-bond acceptors (Lipinski definition) is 2. The molecule has 1 N–H and O–H groups in total. The van der Waals surface area contributed by atoms with Gasteiger partial charge in [0.05, 0.1) is 12.7 Å². The van der Waals surface area contributed by atoms with Gasteiger partial charge in [0, 0.05) is 6.42 Å². The highest BCUT2D eigenvalue weighted by Crippen LogP contribution is 2.36. The summed E-state index contributed by atoms with van der Waals surface area (Å²) in [6.45, 7) is 7.18. The maximum absolute atomic E-state index is 9.80. The van der Waals surface area contributed by atoms with Gasteiger partial charge in [0.1, 0.15) is 0 Å². The molecule has 2 aromatic carbocycles. The van der Waals surface area contributed by atoms with Crippen molar-refractivity contribution in [3.8, 4) is 12.3 Å². The molecule has 0 heterocycles. The van der Waals surface area contributed by atoms with Crippen molar-refractivity contribution in [3.63, 3.8) is 0 Å². The molecule has 0 aromatic heterocycles. The molecule has 2 rings (SSSR count). The van der Waals surface area contributed by atoms with Gasteiger partial charge < -0.3 is 9.53 Å². The minimum atomic E-state index is -2.51. The molecule has 1 atom stereocenters. The number of aliphatic hydroxyl groups is 1. The molecule has 0 bridgehead atoms. The van der Waals surface area contributed by atoms with Crippen molar-refractivity contribution < 1.29 is 9.53 Å². The lowest BCUT2D eigenvalue weighted by Gasteiger charge is -2.42. The molecule has 0 aliphatic heterocycles. The number of rotatable bonds is 7. The van der Waals surface area contributed by atoms with Crippen LogP contribution in [-0.4, -0.2) is 26.1 Å². The highest BCUT2D eigenvalue weighted by atomic mass is 28.4. The van der Waals surface area contributed by atoms with Crippen molar-refractivity contribution in [2.45, 2.75) is 38.3 Å². The van der Waals surface area contributed by atoms with E-state index in [1.807, 2.05) is 18.2 Å². The van der Waals surface area contributed by atoms with E-state index in [9.17, 15) is 5.11 Å². The Balaban J connectivity index is 2.43. The third kappa shape index (κ3) is 4.53. The highest BCUT2D eigenvalue weighted by Gasteiger charge is 2.49. The zero-order valence-electron chi connectivity index (χ0n) is 15.9. The van der Waals surface area contributed by atoms with Gasteiger partial charge >= 0.3 is 0 Å². The van der Waals surface area contributed by atoms with Crippen molar-refractivity contribution in [1.29, 1.82) is 0 Å². The lowest BCUT2D eigenvalue weighted by Crippen LogP contribution is -2.66. The Bertz CT molecular complexity index is 700. The Labute approximate surface area is 158 Å². The number of aliphatic hydroxyl groups excluding tert-OH is 1. The van der Waals surface area contributed by atoms with Gasteiger partial charge in [0.25, 0.3) is 8.32 Å². The molecule has 26 heavy (non-hydrogen) atoms. The fourth-order valence-corrected chi connectivity index (χ4v) is 7.84. The van der Waals surface area contributed by atoms with Crippen LogP contribution in [0.4, 0.5) is 0 Å². The maximum atomic E-state index is 9.80. The van der Waals surface area contributed by atoms with Crippen LogP contribution < -0.4 is 10.4 Å². The van der Waals surface area contributed by atoms with E-state index in [0.29, 0.717) is 13.0 Å². The average Bonchev–Trinajstić information content (AvgIpc) is 2.62. The average molecular weight is 365 g/mol. The molecule has 0 aliphatic carbocycles. The normalized spacial score (nSPS) is 13.5. The third-order valence-electron chi connectivity index (χ3n) is 4.50. The zero-order valence-corrected chi connectivity index (χ0v) is 16.9. The first kappa shape index (κ1) is 20.2. The molecule has 0 amide bonds. The first-order valence-corrected chi connectivity index (χ1v) is 10.9. The van der Waals surface area contributed by atoms with Gasteiger partial charge in [-0.3, -0.25) is 0 Å². The second-order valence-electron chi connectivity index (χ2n) is 7.38. The Morgan fingerprint density at radius 1 is 1.04 bits per heavy atom. The van der Waals surface area contributed by atoms with Crippen LogP contribution in [0.15, 0.2) is 72.8 Å². The molecule has 1 unspecified atom stereocenters. The summed E-state index contributed by atoms with van der Waals surface area (Å²) in [5, 5.41) is 12.2. The Hall–Kier alpha value is -2.12. The predicted octanol–water partition coefficient (Wildman–Crippen LogP) is 3.50. The monoisotopic (exact) mass is 364 g/mol. The molecule has 2 nitrogen and oxygen atoms in total. The van der Waals surface area contributed by atoms with Crippen molar-refractivity contribution in [2.24, 2.45) is 0 Å². The van der Waals surface area contributed by atoms with Gasteiger partial charge in [-0.15, -0.1) is 12.3 Å². The van der Waals surface area contributed by atoms with E-state index in [1.165, 1.54) is 10.4 Å². The van der Waals surface area contributed by atoms with Crippen LogP contribution >= 0.6 is 0 Å². The van der Waals surface area contributed by atoms with Gasteiger partial charge in [0.15, 0.2) is 0 Å². The minimum absolute atomic E-state index is 0.0546. The van der Waals surface area contributed by atoms with Crippen molar-refractivity contribution in [3.05, 3.63) is 72.8 Å². The highest BCUT2D eigenvalue weighted by molar-refractivity contribution is 6.99. The quantitative estimate of drug-likeness (QED) is 0.463. The zero-order chi connectivity index (χ0) is 19.0. The molecule has 0 aliphatic rings. The van der Waals surface area contributed by atoms with Crippen LogP contribution in [-0.2, 0) is 4.43 Å². The first-order chi connectivity index (χ1) is 12.4. The van der Waals surface area contributed by atoms with Crippen molar-refractivity contribution in [1.82, 2.24) is 0 Å². The van der Waals surface area contributed by atoms with Crippen LogP contribution in [0.2, 0.25) is 5.04 Å². The minimum Gasteiger partial charge on any atom is -0.404 e. The molecular weight excluding hydrogens is 336 g/mol. The van der Waals surface area contributed by atoms with E-state index in [-0.39, 0.29) is 5.04 Å². The van der Waals surface area contributed by atoms with E-state index in [4.69, 9.17) is 10.8 Å². The number of terminal acetylenes is 1. The molecule has 0 radical (unpaired) electrons. The smallest absolute Gasteiger partial charge is 0.261 e. The summed E-state index contributed by atoms with van der Waals surface area (Å²) >= 11 is 0. The van der Waals surface area contributed by atoms with Gasteiger partial charge in [0.2, 0.25) is 0 Å². The van der Waals surface area contributed by atoms with Crippen LogP contribution in [0.3, 0.4) is 0 Å². The summed E-state index contributed by atoms with van der Waals surface area (Å²) in [5.41, 5.74) is 0. The molecule has 3 heteroatoms. The summed E-state index contributed by atoms with van der Waals surface area (Å²) in [7, 11) is -2.51. The molecule has 0 saturated heterocycles.